The van der Waals surface area contributed by atoms with E-state index in [9.17, 15) is 0 Å². The summed E-state index contributed by atoms with van der Waals surface area (Å²) in [5.74, 6) is 7.86. The maximum absolute atomic E-state index is 2.62. The van der Waals surface area contributed by atoms with Crippen molar-refractivity contribution in [1.82, 2.24) is 0 Å². The van der Waals surface area contributed by atoms with Gasteiger partial charge in [0.15, 0.2) is 6.71 Å². The first kappa shape index (κ1) is 18.2. The first-order valence-electron chi connectivity index (χ1n) is 11.3. The minimum Gasteiger partial charge on any atom is -0.0960 e. The summed E-state index contributed by atoms with van der Waals surface area (Å²) in [5, 5.41) is 0. The lowest BCUT2D eigenvalue weighted by Gasteiger charge is -2.66. The van der Waals surface area contributed by atoms with Crippen LogP contribution in [-0.2, 0) is 0 Å². The van der Waals surface area contributed by atoms with Gasteiger partial charge >= 0.3 is 0 Å². The summed E-state index contributed by atoms with van der Waals surface area (Å²) < 4.78 is 0. The summed E-state index contributed by atoms with van der Waals surface area (Å²) in [6.45, 7) is 18.6. The summed E-state index contributed by atoms with van der Waals surface area (Å²) in [7, 11) is 0. The molecule has 0 heterocycles. The van der Waals surface area contributed by atoms with Crippen LogP contribution in [-0.4, -0.2) is 6.71 Å². The van der Waals surface area contributed by atoms with Gasteiger partial charge in [0.05, 0.1) is 0 Å². The van der Waals surface area contributed by atoms with Gasteiger partial charge in [-0.2, -0.15) is 0 Å². The van der Waals surface area contributed by atoms with E-state index < -0.39 is 0 Å². The van der Waals surface area contributed by atoms with E-state index >= 15 is 0 Å². The van der Waals surface area contributed by atoms with Crippen LogP contribution in [0.1, 0.15) is 74.1 Å². The number of hydrogen-bond acceptors (Lipinski definition) is 0. The maximum atomic E-state index is 2.62. The molecular formula is C24H41B. The van der Waals surface area contributed by atoms with Crippen LogP contribution in [0.2, 0.25) is 18.0 Å². The van der Waals surface area contributed by atoms with Crippen molar-refractivity contribution in [3.05, 3.63) is 12.2 Å². The lowest BCUT2D eigenvalue weighted by atomic mass is 9.20. The topological polar surface area (TPSA) is 0 Å². The molecule has 8 unspecified atom stereocenters. The van der Waals surface area contributed by atoms with Crippen molar-refractivity contribution in [2.75, 3.05) is 0 Å². The van der Waals surface area contributed by atoms with Crippen molar-refractivity contribution in [2.24, 2.45) is 46.3 Å². The quantitative estimate of drug-likeness (QED) is 0.375. The molecule has 8 atom stereocenters. The number of rotatable bonds is 4. The highest BCUT2D eigenvalue weighted by molar-refractivity contribution is 6.62. The van der Waals surface area contributed by atoms with Crippen LogP contribution in [0.15, 0.2) is 12.2 Å². The van der Waals surface area contributed by atoms with E-state index in [4.69, 9.17) is 0 Å². The predicted octanol–water partition coefficient (Wildman–Crippen LogP) is 7.20. The Hall–Kier alpha value is -0.195. The Balaban J connectivity index is 1.56. The lowest BCUT2D eigenvalue weighted by molar-refractivity contribution is -0.107. The molecule has 0 amide bonds. The van der Waals surface area contributed by atoms with Crippen molar-refractivity contribution in [1.29, 1.82) is 0 Å². The molecule has 0 aliphatic heterocycles. The van der Waals surface area contributed by atoms with Gasteiger partial charge in [-0.1, -0.05) is 84.5 Å². The van der Waals surface area contributed by atoms with Crippen molar-refractivity contribution in [2.45, 2.75) is 92.1 Å². The molecule has 0 spiro atoms. The Morgan fingerprint density at radius 1 is 0.800 bits per heavy atom. The Bertz CT molecular complexity index is 502. The zero-order chi connectivity index (χ0) is 18.1. The summed E-state index contributed by atoms with van der Waals surface area (Å²) in [4.78, 5) is 0. The van der Waals surface area contributed by atoms with Gasteiger partial charge < -0.3 is 0 Å². The molecule has 0 nitrogen and oxygen atoms in total. The molecule has 0 aromatic carbocycles. The van der Waals surface area contributed by atoms with Gasteiger partial charge in [0.2, 0.25) is 0 Å². The van der Waals surface area contributed by atoms with Gasteiger partial charge in [0.1, 0.15) is 0 Å². The molecule has 4 bridgehead atoms. The third-order valence-electron chi connectivity index (χ3n) is 10.6. The molecule has 0 N–H and O–H groups in total. The standard InChI is InChI=1S/C24H41B/c1-8-9-10-25(21-13-17-11-19(15(21)2)23(17,4)5)22-14-18-12-20(16(22)3)24(18,6)7/h8-9,15-22H,10-14H2,1-7H3. The van der Waals surface area contributed by atoms with Crippen LogP contribution >= 0.6 is 0 Å². The smallest absolute Gasteiger partial charge is 0.0960 e. The molecular weight excluding hydrogens is 299 g/mol. The largest absolute Gasteiger partial charge is 0.150 e. The molecule has 6 aliphatic rings. The predicted molar refractivity (Wildman–Crippen MR) is 111 cm³/mol. The second-order valence-corrected chi connectivity index (χ2v) is 11.7. The van der Waals surface area contributed by atoms with E-state index in [1.807, 2.05) is 0 Å². The molecule has 6 saturated carbocycles. The molecule has 6 rings (SSSR count). The Morgan fingerprint density at radius 2 is 1.24 bits per heavy atom. The molecule has 0 radical (unpaired) electrons. The summed E-state index contributed by atoms with van der Waals surface area (Å²) in [6.07, 6.45) is 12.3. The van der Waals surface area contributed by atoms with Crippen LogP contribution in [0, 0.1) is 46.3 Å². The van der Waals surface area contributed by atoms with Gasteiger partial charge in [-0.15, -0.1) is 0 Å². The molecule has 0 saturated heterocycles. The van der Waals surface area contributed by atoms with E-state index in [-0.39, 0.29) is 0 Å². The monoisotopic (exact) mass is 340 g/mol. The minimum absolute atomic E-state index is 0.628. The number of fused-ring (bicyclic) bond motifs is 4. The van der Waals surface area contributed by atoms with Gasteiger partial charge in [-0.05, 0) is 66.1 Å². The van der Waals surface area contributed by atoms with Crippen LogP contribution < -0.4 is 0 Å². The highest BCUT2D eigenvalue weighted by Crippen LogP contribution is 2.69. The Labute approximate surface area is 157 Å². The zero-order valence-corrected chi connectivity index (χ0v) is 17.9. The summed E-state index contributed by atoms with van der Waals surface area (Å²) in [6, 6.07) is 0. The van der Waals surface area contributed by atoms with E-state index in [1.54, 1.807) is 0 Å². The first-order valence-corrected chi connectivity index (χ1v) is 11.3. The molecule has 0 aromatic heterocycles. The average Bonchev–Trinajstić information content (AvgIpc) is 2.56. The maximum Gasteiger partial charge on any atom is 0.150 e. The average molecular weight is 340 g/mol. The normalized spacial score (nSPS) is 49.4. The SMILES string of the molecule is CC=CCB(C1CC2CC(C1C)C2(C)C)C1CC2CC(C1C)C2(C)C. The van der Waals surface area contributed by atoms with Crippen LogP contribution in [0.3, 0.4) is 0 Å². The van der Waals surface area contributed by atoms with Crippen molar-refractivity contribution >= 4 is 6.71 Å². The van der Waals surface area contributed by atoms with Crippen molar-refractivity contribution in [3.63, 3.8) is 0 Å². The molecule has 1 heteroatoms. The molecule has 6 fully saturated rings. The van der Waals surface area contributed by atoms with E-state index in [2.05, 4.69) is 60.6 Å². The summed E-state index contributed by atoms with van der Waals surface area (Å²) in [5.41, 5.74) is 1.26. The first-order chi connectivity index (χ1) is 11.7. The Kier molecular flexibility index (Phi) is 4.29. The van der Waals surface area contributed by atoms with Gasteiger partial charge in [-0.25, -0.2) is 0 Å². The molecule has 0 aromatic rings. The fourth-order valence-corrected chi connectivity index (χ4v) is 8.47. The minimum atomic E-state index is 0.628. The fraction of sp³-hybridized carbons (Fsp3) is 0.917. The lowest BCUT2D eigenvalue weighted by Crippen LogP contribution is -2.59. The third kappa shape index (κ3) is 2.46. The molecule has 6 aliphatic carbocycles. The third-order valence-corrected chi connectivity index (χ3v) is 10.6. The van der Waals surface area contributed by atoms with Crippen molar-refractivity contribution < 1.29 is 0 Å². The second kappa shape index (κ2) is 5.90. The molecule has 25 heavy (non-hydrogen) atoms. The van der Waals surface area contributed by atoms with Crippen LogP contribution in [0.5, 0.6) is 0 Å². The van der Waals surface area contributed by atoms with Gasteiger partial charge in [-0.3, -0.25) is 0 Å². The highest BCUT2D eigenvalue weighted by atomic mass is 14.6. The second-order valence-electron chi connectivity index (χ2n) is 11.7. The van der Waals surface area contributed by atoms with E-state index in [0.29, 0.717) is 10.8 Å². The Morgan fingerprint density at radius 3 is 1.56 bits per heavy atom. The molecule has 140 valence electrons. The zero-order valence-electron chi connectivity index (χ0n) is 17.9. The van der Waals surface area contributed by atoms with Gasteiger partial charge in [0.25, 0.3) is 0 Å². The van der Waals surface area contributed by atoms with Crippen molar-refractivity contribution in [3.8, 4) is 0 Å². The van der Waals surface area contributed by atoms with Crippen LogP contribution in [0.4, 0.5) is 0 Å². The fourth-order valence-electron chi connectivity index (χ4n) is 8.47. The van der Waals surface area contributed by atoms with Crippen LogP contribution in [0.25, 0.3) is 0 Å². The number of allylic oxidation sites excluding steroid dienone is 2. The van der Waals surface area contributed by atoms with E-state index in [0.717, 1.165) is 53.9 Å². The number of hydrogen-bond donors (Lipinski definition) is 0. The van der Waals surface area contributed by atoms with E-state index in [1.165, 1.54) is 32.0 Å². The van der Waals surface area contributed by atoms with Gasteiger partial charge in [0, 0.05) is 0 Å². The summed E-state index contributed by atoms with van der Waals surface area (Å²) >= 11 is 0. The highest BCUT2D eigenvalue weighted by Gasteiger charge is 2.61.